The highest BCUT2D eigenvalue weighted by atomic mass is 19.1. The van der Waals surface area contributed by atoms with Crippen LogP contribution in [0.5, 0.6) is 0 Å². The molecule has 0 atom stereocenters. The van der Waals surface area contributed by atoms with Crippen LogP contribution in [0.3, 0.4) is 0 Å². The molecule has 4 rings (SSSR count). The van der Waals surface area contributed by atoms with E-state index in [0.717, 1.165) is 5.69 Å². The quantitative estimate of drug-likeness (QED) is 0.660. The van der Waals surface area contributed by atoms with E-state index in [1.807, 2.05) is 4.90 Å². The number of amides is 1. The third-order valence-corrected chi connectivity index (χ3v) is 4.93. The van der Waals surface area contributed by atoms with E-state index in [9.17, 15) is 13.6 Å². The van der Waals surface area contributed by atoms with Gasteiger partial charge in [-0.25, -0.2) is 8.78 Å². The molecule has 8 heteroatoms. The van der Waals surface area contributed by atoms with Crippen LogP contribution in [-0.2, 0) is 11.2 Å². The Labute approximate surface area is 166 Å². The average Bonchev–Trinajstić information content (AvgIpc) is 3.22. The van der Waals surface area contributed by atoms with Gasteiger partial charge in [-0.2, -0.15) is 4.98 Å². The number of anilines is 1. The number of benzene rings is 2. The Kier molecular flexibility index (Phi) is 5.50. The van der Waals surface area contributed by atoms with Crippen molar-refractivity contribution >= 4 is 11.6 Å². The van der Waals surface area contributed by atoms with Gasteiger partial charge in [-0.05, 0) is 36.4 Å². The minimum absolute atomic E-state index is 0.0225. The van der Waals surface area contributed by atoms with Crippen molar-refractivity contribution in [2.24, 2.45) is 0 Å². The molecule has 1 saturated heterocycles. The number of aromatic nitrogens is 2. The lowest BCUT2D eigenvalue weighted by Crippen LogP contribution is -2.48. The van der Waals surface area contributed by atoms with E-state index in [0.29, 0.717) is 49.9 Å². The first-order chi connectivity index (χ1) is 14.1. The molecule has 0 aliphatic carbocycles. The Hall–Kier alpha value is -3.29. The van der Waals surface area contributed by atoms with Crippen molar-refractivity contribution in [1.82, 2.24) is 15.0 Å². The molecule has 0 N–H and O–H groups in total. The van der Waals surface area contributed by atoms with Gasteiger partial charge in [0, 0.05) is 50.3 Å². The van der Waals surface area contributed by atoms with Crippen LogP contribution in [0.2, 0.25) is 0 Å². The van der Waals surface area contributed by atoms with E-state index < -0.39 is 0 Å². The Morgan fingerprint density at radius 2 is 1.76 bits per heavy atom. The van der Waals surface area contributed by atoms with E-state index in [-0.39, 0.29) is 24.0 Å². The van der Waals surface area contributed by atoms with Crippen molar-refractivity contribution < 1.29 is 18.1 Å². The second-order valence-electron chi connectivity index (χ2n) is 6.87. The summed E-state index contributed by atoms with van der Waals surface area (Å²) < 4.78 is 31.6. The predicted molar refractivity (Wildman–Crippen MR) is 103 cm³/mol. The normalized spacial score (nSPS) is 14.3. The zero-order valence-electron chi connectivity index (χ0n) is 15.7. The molecule has 0 unspecified atom stereocenters. The molecule has 3 aromatic rings. The Bertz CT molecular complexity index is 982. The first-order valence-electron chi connectivity index (χ1n) is 9.45. The zero-order chi connectivity index (χ0) is 20.2. The van der Waals surface area contributed by atoms with E-state index in [4.69, 9.17) is 4.52 Å². The molecule has 0 bridgehead atoms. The van der Waals surface area contributed by atoms with Crippen molar-refractivity contribution in [1.29, 1.82) is 0 Å². The summed E-state index contributed by atoms with van der Waals surface area (Å²) in [5.41, 5.74) is 1.48. The molecule has 1 aliphatic rings. The van der Waals surface area contributed by atoms with E-state index >= 15 is 0 Å². The number of aryl methyl sites for hydroxylation is 1. The molecule has 1 aliphatic heterocycles. The van der Waals surface area contributed by atoms with Crippen molar-refractivity contribution in [2.45, 2.75) is 12.8 Å². The van der Waals surface area contributed by atoms with Crippen LogP contribution in [-0.4, -0.2) is 47.1 Å². The Morgan fingerprint density at radius 3 is 2.48 bits per heavy atom. The fourth-order valence-electron chi connectivity index (χ4n) is 3.34. The average molecular weight is 398 g/mol. The molecule has 29 heavy (non-hydrogen) atoms. The van der Waals surface area contributed by atoms with E-state index in [2.05, 4.69) is 15.0 Å². The molecule has 0 radical (unpaired) electrons. The van der Waals surface area contributed by atoms with Crippen LogP contribution in [0, 0.1) is 11.6 Å². The number of nitrogens with zero attached hydrogens (tertiary/aromatic N) is 4. The lowest BCUT2D eigenvalue weighted by molar-refractivity contribution is -0.131. The maximum atomic E-state index is 13.3. The number of rotatable bonds is 5. The lowest BCUT2D eigenvalue weighted by Gasteiger charge is -2.36. The van der Waals surface area contributed by atoms with Gasteiger partial charge < -0.3 is 14.3 Å². The smallest absolute Gasteiger partial charge is 0.227 e. The van der Waals surface area contributed by atoms with Crippen LogP contribution in [0.25, 0.3) is 11.4 Å². The van der Waals surface area contributed by atoms with Crippen molar-refractivity contribution in [3.05, 3.63) is 66.1 Å². The first kappa shape index (κ1) is 19.0. The summed E-state index contributed by atoms with van der Waals surface area (Å²) in [5, 5.41) is 3.86. The highest BCUT2D eigenvalue weighted by molar-refractivity contribution is 5.76. The van der Waals surface area contributed by atoms with Crippen LogP contribution in [0.15, 0.2) is 53.1 Å². The summed E-state index contributed by atoms with van der Waals surface area (Å²) in [4.78, 5) is 20.7. The molecule has 6 nitrogen and oxygen atoms in total. The molecule has 1 aromatic heterocycles. The topological polar surface area (TPSA) is 62.5 Å². The fraction of sp³-hybridized carbons (Fsp3) is 0.286. The van der Waals surface area contributed by atoms with Crippen molar-refractivity contribution in [2.75, 3.05) is 31.1 Å². The van der Waals surface area contributed by atoms with Gasteiger partial charge in [-0.15, -0.1) is 0 Å². The third-order valence-electron chi connectivity index (χ3n) is 4.93. The molecular formula is C21H20F2N4O2. The largest absolute Gasteiger partial charge is 0.368 e. The molecular weight excluding hydrogens is 378 g/mol. The van der Waals surface area contributed by atoms with Crippen LogP contribution in [0.1, 0.15) is 12.3 Å². The Balaban J connectivity index is 1.28. The van der Waals surface area contributed by atoms with Gasteiger partial charge in [-0.3, -0.25) is 4.79 Å². The van der Waals surface area contributed by atoms with E-state index in [1.54, 1.807) is 24.3 Å². The number of halogens is 2. The van der Waals surface area contributed by atoms with Gasteiger partial charge >= 0.3 is 0 Å². The summed E-state index contributed by atoms with van der Waals surface area (Å²) in [5.74, 6) is 0.0460. The number of carbonyl (C=O) groups is 1. The van der Waals surface area contributed by atoms with Gasteiger partial charge in [0.2, 0.25) is 17.6 Å². The summed E-state index contributed by atoms with van der Waals surface area (Å²) >= 11 is 0. The first-order valence-corrected chi connectivity index (χ1v) is 9.45. The number of piperazine rings is 1. The summed E-state index contributed by atoms with van der Waals surface area (Å²) in [6.07, 6.45) is 0.598. The standard InChI is InChI=1S/C21H20F2N4O2/c22-16-4-6-18(7-5-16)26-10-12-27(13-11-26)20(28)9-8-19-24-21(25-29-19)15-2-1-3-17(23)14-15/h1-7,14H,8-13H2. The van der Waals surface area contributed by atoms with Crippen molar-refractivity contribution in [3.8, 4) is 11.4 Å². The second kappa shape index (κ2) is 8.38. The van der Waals surface area contributed by atoms with Gasteiger partial charge in [0.15, 0.2) is 0 Å². The van der Waals surface area contributed by atoms with Crippen LogP contribution >= 0.6 is 0 Å². The van der Waals surface area contributed by atoms with Gasteiger partial charge in [-0.1, -0.05) is 17.3 Å². The highest BCUT2D eigenvalue weighted by Gasteiger charge is 2.22. The summed E-state index contributed by atoms with van der Waals surface area (Å²) in [7, 11) is 0. The molecule has 150 valence electrons. The van der Waals surface area contributed by atoms with Crippen molar-refractivity contribution in [3.63, 3.8) is 0 Å². The van der Waals surface area contributed by atoms with E-state index in [1.165, 1.54) is 24.3 Å². The lowest BCUT2D eigenvalue weighted by atomic mass is 10.2. The van der Waals surface area contributed by atoms with Gasteiger partial charge in [0.1, 0.15) is 11.6 Å². The molecule has 1 amide bonds. The molecule has 2 aromatic carbocycles. The number of hydrogen-bond donors (Lipinski definition) is 0. The molecule has 2 heterocycles. The van der Waals surface area contributed by atoms with Crippen LogP contribution < -0.4 is 4.90 Å². The zero-order valence-corrected chi connectivity index (χ0v) is 15.7. The maximum absolute atomic E-state index is 13.3. The molecule has 0 saturated carbocycles. The van der Waals surface area contributed by atoms with Gasteiger partial charge in [0.25, 0.3) is 0 Å². The minimum atomic E-state index is -0.371. The van der Waals surface area contributed by atoms with Crippen LogP contribution in [0.4, 0.5) is 14.5 Å². The monoisotopic (exact) mass is 398 g/mol. The SMILES string of the molecule is O=C(CCc1nc(-c2cccc(F)c2)no1)N1CCN(c2ccc(F)cc2)CC1. The summed E-state index contributed by atoms with van der Waals surface area (Å²) in [6, 6.07) is 12.3. The second-order valence-corrected chi connectivity index (χ2v) is 6.87. The number of carbonyl (C=O) groups excluding carboxylic acids is 1. The summed E-state index contributed by atoms with van der Waals surface area (Å²) in [6.45, 7) is 2.60. The Morgan fingerprint density at radius 1 is 1.00 bits per heavy atom. The van der Waals surface area contributed by atoms with Gasteiger partial charge in [0.05, 0.1) is 0 Å². The number of hydrogen-bond acceptors (Lipinski definition) is 5. The predicted octanol–water partition coefficient (Wildman–Crippen LogP) is 3.30. The molecule has 0 spiro atoms. The third kappa shape index (κ3) is 4.59. The highest BCUT2D eigenvalue weighted by Crippen LogP contribution is 2.19. The maximum Gasteiger partial charge on any atom is 0.227 e. The molecule has 1 fully saturated rings. The fourth-order valence-corrected chi connectivity index (χ4v) is 3.34. The minimum Gasteiger partial charge on any atom is -0.368 e.